The molecule has 0 bridgehead atoms. The number of nitrogens with zero attached hydrogens (tertiary/aromatic N) is 3. The molecule has 168 valence electrons. The molecular weight excluding hydrogens is 421 g/mol. The second-order valence-corrected chi connectivity index (χ2v) is 7.83. The fourth-order valence-corrected chi connectivity index (χ4v) is 3.64. The van der Waals surface area contributed by atoms with Gasteiger partial charge in [-0.1, -0.05) is 48.0 Å². The Hall–Kier alpha value is -3.20. The van der Waals surface area contributed by atoms with Crippen LogP contribution in [0.15, 0.2) is 53.1 Å². The number of hydrogen-bond donors (Lipinski definition) is 1. The van der Waals surface area contributed by atoms with Crippen LogP contribution in [-0.4, -0.2) is 34.0 Å². The molecule has 2 heterocycles. The molecule has 6 nitrogen and oxygen atoms in total. The van der Waals surface area contributed by atoms with Gasteiger partial charge in [-0.05, 0) is 49.2 Å². The average molecular weight is 444 g/mol. The minimum Gasteiger partial charge on any atom is -0.344 e. The maximum absolute atomic E-state index is 12.7. The molecule has 1 aliphatic rings. The minimum atomic E-state index is -4.42. The zero-order chi connectivity index (χ0) is 22.6. The van der Waals surface area contributed by atoms with Crippen molar-refractivity contribution in [1.29, 1.82) is 0 Å². The zero-order valence-corrected chi connectivity index (χ0v) is 17.4. The number of halogens is 3. The van der Waals surface area contributed by atoms with Gasteiger partial charge in [0, 0.05) is 18.7 Å². The van der Waals surface area contributed by atoms with E-state index in [-0.39, 0.29) is 11.7 Å². The van der Waals surface area contributed by atoms with E-state index in [0.717, 1.165) is 37.3 Å². The van der Waals surface area contributed by atoms with Crippen molar-refractivity contribution in [2.45, 2.75) is 38.5 Å². The van der Waals surface area contributed by atoms with Gasteiger partial charge in [0.25, 0.3) is 0 Å². The molecule has 2 aromatic carbocycles. The van der Waals surface area contributed by atoms with Crippen molar-refractivity contribution < 1.29 is 22.5 Å². The lowest BCUT2D eigenvalue weighted by atomic mass is 10.1. The SMILES string of the molecule is O=C(NCc1ccc(CN2CCCCC2)cc1)c1nc(-c2ccc(C(F)(F)F)cc2)no1. The van der Waals surface area contributed by atoms with Crippen molar-refractivity contribution in [2.24, 2.45) is 0 Å². The van der Waals surface area contributed by atoms with Crippen LogP contribution in [0.1, 0.15) is 46.6 Å². The van der Waals surface area contributed by atoms with Crippen LogP contribution in [0.3, 0.4) is 0 Å². The van der Waals surface area contributed by atoms with E-state index < -0.39 is 17.6 Å². The summed E-state index contributed by atoms with van der Waals surface area (Å²) in [4.78, 5) is 18.8. The average Bonchev–Trinajstić information content (AvgIpc) is 3.29. The Morgan fingerprint density at radius 2 is 1.62 bits per heavy atom. The van der Waals surface area contributed by atoms with Crippen molar-refractivity contribution in [3.63, 3.8) is 0 Å². The number of amides is 1. The second-order valence-electron chi connectivity index (χ2n) is 7.83. The molecule has 1 amide bonds. The van der Waals surface area contributed by atoms with E-state index in [2.05, 4.69) is 32.5 Å². The van der Waals surface area contributed by atoms with Gasteiger partial charge in [0.2, 0.25) is 5.82 Å². The first kappa shape index (κ1) is 22.0. The van der Waals surface area contributed by atoms with Crippen LogP contribution in [0.5, 0.6) is 0 Å². The van der Waals surface area contributed by atoms with Crippen molar-refractivity contribution in [1.82, 2.24) is 20.4 Å². The summed E-state index contributed by atoms with van der Waals surface area (Å²) in [6.45, 7) is 3.50. The Morgan fingerprint density at radius 3 is 2.28 bits per heavy atom. The van der Waals surface area contributed by atoms with Crippen LogP contribution >= 0.6 is 0 Å². The van der Waals surface area contributed by atoms with Gasteiger partial charge < -0.3 is 9.84 Å². The first-order valence-electron chi connectivity index (χ1n) is 10.5. The van der Waals surface area contributed by atoms with Gasteiger partial charge in [-0.3, -0.25) is 9.69 Å². The first-order valence-corrected chi connectivity index (χ1v) is 10.5. The van der Waals surface area contributed by atoms with E-state index in [0.29, 0.717) is 12.1 Å². The fourth-order valence-electron chi connectivity index (χ4n) is 3.64. The van der Waals surface area contributed by atoms with Crippen LogP contribution in [0, 0.1) is 0 Å². The molecule has 1 aromatic heterocycles. The van der Waals surface area contributed by atoms with Gasteiger partial charge >= 0.3 is 18.0 Å². The molecule has 0 spiro atoms. The number of carbonyl (C=O) groups excluding carboxylic acids is 1. The predicted octanol–water partition coefficient (Wildman–Crippen LogP) is 4.67. The molecule has 0 atom stereocenters. The first-order chi connectivity index (χ1) is 15.4. The Kier molecular flexibility index (Phi) is 6.55. The van der Waals surface area contributed by atoms with E-state index in [1.165, 1.54) is 37.0 Å². The molecule has 0 radical (unpaired) electrons. The third-order valence-corrected chi connectivity index (χ3v) is 5.42. The van der Waals surface area contributed by atoms with Gasteiger partial charge in [0.15, 0.2) is 0 Å². The van der Waals surface area contributed by atoms with Crippen LogP contribution < -0.4 is 5.32 Å². The Morgan fingerprint density at radius 1 is 0.969 bits per heavy atom. The standard InChI is InChI=1S/C23H23F3N4O2/c24-23(25,26)19-10-8-18(9-11-19)20-28-22(32-29-20)21(31)27-14-16-4-6-17(7-5-16)15-30-12-2-1-3-13-30/h4-11H,1-3,12-15H2,(H,27,31). The summed E-state index contributed by atoms with van der Waals surface area (Å²) >= 11 is 0. The molecule has 4 rings (SSSR count). The number of rotatable bonds is 6. The van der Waals surface area contributed by atoms with E-state index in [9.17, 15) is 18.0 Å². The molecule has 0 aliphatic carbocycles. The highest BCUT2D eigenvalue weighted by Crippen LogP contribution is 2.30. The lowest BCUT2D eigenvalue weighted by Crippen LogP contribution is -2.29. The highest BCUT2D eigenvalue weighted by Gasteiger charge is 2.30. The van der Waals surface area contributed by atoms with Gasteiger partial charge in [-0.2, -0.15) is 18.2 Å². The van der Waals surface area contributed by atoms with Crippen LogP contribution in [0.25, 0.3) is 11.4 Å². The molecule has 1 N–H and O–H groups in total. The molecule has 0 saturated carbocycles. The fraction of sp³-hybridized carbons (Fsp3) is 0.348. The lowest BCUT2D eigenvalue weighted by Gasteiger charge is -2.26. The lowest BCUT2D eigenvalue weighted by molar-refractivity contribution is -0.137. The summed E-state index contributed by atoms with van der Waals surface area (Å²) in [6, 6.07) is 12.4. The number of benzene rings is 2. The molecule has 0 unspecified atom stereocenters. The summed E-state index contributed by atoms with van der Waals surface area (Å²) in [6.07, 6.45) is -0.617. The van der Waals surface area contributed by atoms with Crippen LogP contribution in [0.4, 0.5) is 13.2 Å². The van der Waals surface area contributed by atoms with E-state index in [1.54, 1.807) is 0 Å². The second kappa shape index (κ2) is 9.52. The molecule has 3 aromatic rings. The summed E-state index contributed by atoms with van der Waals surface area (Å²) < 4.78 is 43.0. The highest BCUT2D eigenvalue weighted by molar-refractivity contribution is 5.89. The predicted molar refractivity (Wildman–Crippen MR) is 111 cm³/mol. The van der Waals surface area contributed by atoms with Gasteiger partial charge in [-0.15, -0.1) is 0 Å². The summed E-state index contributed by atoms with van der Waals surface area (Å²) in [5.41, 5.74) is 1.72. The van der Waals surface area contributed by atoms with E-state index in [1.807, 2.05) is 12.1 Å². The number of carbonyl (C=O) groups is 1. The monoisotopic (exact) mass is 444 g/mol. The summed E-state index contributed by atoms with van der Waals surface area (Å²) in [5.74, 6) is -0.749. The molecule has 32 heavy (non-hydrogen) atoms. The number of hydrogen-bond acceptors (Lipinski definition) is 5. The normalized spacial score (nSPS) is 15.0. The third kappa shape index (κ3) is 5.53. The van der Waals surface area contributed by atoms with Crippen molar-refractivity contribution in [3.8, 4) is 11.4 Å². The summed E-state index contributed by atoms with van der Waals surface area (Å²) in [7, 11) is 0. The number of aromatic nitrogens is 2. The van der Waals surface area contributed by atoms with E-state index in [4.69, 9.17) is 4.52 Å². The molecular formula is C23H23F3N4O2. The minimum absolute atomic E-state index is 0.0472. The van der Waals surface area contributed by atoms with Gasteiger partial charge in [-0.25, -0.2) is 0 Å². The van der Waals surface area contributed by atoms with E-state index >= 15 is 0 Å². The maximum Gasteiger partial charge on any atom is 0.416 e. The molecule has 1 saturated heterocycles. The van der Waals surface area contributed by atoms with Gasteiger partial charge in [0.1, 0.15) is 0 Å². The number of piperidine rings is 1. The van der Waals surface area contributed by atoms with Crippen molar-refractivity contribution in [3.05, 3.63) is 71.1 Å². The Balaban J connectivity index is 1.31. The smallest absolute Gasteiger partial charge is 0.344 e. The number of likely N-dealkylation sites (tertiary alicyclic amines) is 1. The van der Waals surface area contributed by atoms with Crippen molar-refractivity contribution >= 4 is 5.91 Å². The highest BCUT2D eigenvalue weighted by atomic mass is 19.4. The largest absolute Gasteiger partial charge is 0.416 e. The zero-order valence-electron chi connectivity index (χ0n) is 17.4. The van der Waals surface area contributed by atoms with Crippen LogP contribution in [0.2, 0.25) is 0 Å². The molecule has 9 heteroatoms. The number of alkyl halides is 3. The maximum atomic E-state index is 12.7. The van der Waals surface area contributed by atoms with Crippen LogP contribution in [-0.2, 0) is 19.3 Å². The topological polar surface area (TPSA) is 71.3 Å². The quantitative estimate of drug-likeness (QED) is 0.598. The van der Waals surface area contributed by atoms with Gasteiger partial charge in [0.05, 0.1) is 5.56 Å². The Bertz CT molecular complexity index is 1040. The summed E-state index contributed by atoms with van der Waals surface area (Å²) in [5, 5.41) is 6.40. The molecule has 1 fully saturated rings. The third-order valence-electron chi connectivity index (χ3n) is 5.42. The molecule has 1 aliphatic heterocycles. The number of nitrogens with one attached hydrogen (secondary N) is 1. The Labute approximate surface area is 183 Å². The van der Waals surface area contributed by atoms with Crippen molar-refractivity contribution in [2.75, 3.05) is 13.1 Å².